The number of nitrogens with one attached hydrogen (secondary N) is 1. The molecule has 0 saturated carbocycles. The number of hydrogen-bond donors (Lipinski definition) is 1. The number of ether oxygens (including phenoxy) is 1. The normalized spacial score (nSPS) is 13.7. The standard InChI is InChI=1S/C16H23NO3/c1-11(2)14(16(19)20-4)17-15(18)12(3)10-13-8-6-5-7-9-13/h5-9,11-12,14H,10H2,1-4H3,(H,17,18)/t12-,14-/m0/s1. The van der Waals surface area contributed by atoms with Crippen LogP contribution in [-0.4, -0.2) is 25.0 Å². The molecular weight excluding hydrogens is 254 g/mol. The fourth-order valence-corrected chi connectivity index (χ4v) is 1.98. The van der Waals surface area contributed by atoms with Gasteiger partial charge in [-0.05, 0) is 17.9 Å². The molecule has 0 aliphatic heterocycles. The van der Waals surface area contributed by atoms with Crippen molar-refractivity contribution < 1.29 is 14.3 Å². The van der Waals surface area contributed by atoms with Crippen molar-refractivity contribution in [3.63, 3.8) is 0 Å². The molecule has 4 heteroatoms. The average molecular weight is 277 g/mol. The highest BCUT2D eigenvalue weighted by Crippen LogP contribution is 2.10. The molecule has 0 spiro atoms. The molecule has 0 heterocycles. The molecule has 2 atom stereocenters. The lowest BCUT2D eigenvalue weighted by molar-refractivity contribution is -0.146. The highest BCUT2D eigenvalue weighted by molar-refractivity contribution is 5.85. The summed E-state index contributed by atoms with van der Waals surface area (Å²) in [7, 11) is 1.33. The van der Waals surface area contributed by atoms with Crippen LogP contribution in [0.3, 0.4) is 0 Å². The van der Waals surface area contributed by atoms with Gasteiger partial charge in [0.1, 0.15) is 6.04 Å². The molecule has 1 aromatic carbocycles. The van der Waals surface area contributed by atoms with E-state index in [1.165, 1.54) is 7.11 Å². The van der Waals surface area contributed by atoms with E-state index in [1.54, 1.807) is 0 Å². The predicted molar refractivity (Wildman–Crippen MR) is 78.1 cm³/mol. The number of methoxy groups -OCH3 is 1. The minimum absolute atomic E-state index is 0.00433. The predicted octanol–water partition coefficient (Wildman–Crippen LogP) is 2.18. The summed E-state index contributed by atoms with van der Waals surface area (Å²) in [4.78, 5) is 23.8. The Morgan fingerprint density at radius 1 is 1.15 bits per heavy atom. The van der Waals surface area contributed by atoms with Crippen molar-refractivity contribution in [1.29, 1.82) is 0 Å². The molecular formula is C16H23NO3. The topological polar surface area (TPSA) is 55.4 Å². The van der Waals surface area contributed by atoms with E-state index in [9.17, 15) is 9.59 Å². The fraction of sp³-hybridized carbons (Fsp3) is 0.500. The van der Waals surface area contributed by atoms with Gasteiger partial charge in [-0.3, -0.25) is 4.79 Å². The quantitative estimate of drug-likeness (QED) is 0.811. The van der Waals surface area contributed by atoms with Crippen LogP contribution >= 0.6 is 0 Å². The van der Waals surface area contributed by atoms with Gasteiger partial charge in [0.2, 0.25) is 5.91 Å². The third-order valence-electron chi connectivity index (χ3n) is 3.25. The van der Waals surface area contributed by atoms with Gasteiger partial charge in [0.05, 0.1) is 7.11 Å². The van der Waals surface area contributed by atoms with E-state index < -0.39 is 12.0 Å². The Kier molecular flexibility index (Phi) is 6.22. The number of carbonyl (C=O) groups is 2. The van der Waals surface area contributed by atoms with Crippen LogP contribution in [0.1, 0.15) is 26.3 Å². The second-order valence-electron chi connectivity index (χ2n) is 5.34. The largest absolute Gasteiger partial charge is 0.467 e. The molecule has 0 saturated heterocycles. The summed E-state index contributed by atoms with van der Waals surface area (Å²) < 4.78 is 4.72. The van der Waals surface area contributed by atoms with Gasteiger partial charge in [0, 0.05) is 5.92 Å². The summed E-state index contributed by atoms with van der Waals surface area (Å²) in [6.45, 7) is 5.62. The number of esters is 1. The molecule has 110 valence electrons. The van der Waals surface area contributed by atoms with Crippen LogP contribution in [0.2, 0.25) is 0 Å². The van der Waals surface area contributed by atoms with Crippen molar-refractivity contribution in [2.45, 2.75) is 33.2 Å². The summed E-state index contributed by atoms with van der Waals surface area (Å²) in [6, 6.07) is 9.23. The Bertz CT molecular complexity index is 442. The molecule has 1 aromatic rings. The smallest absolute Gasteiger partial charge is 0.328 e. The van der Waals surface area contributed by atoms with Crippen molar-refractivity contribution in [3.8, 4) is 0 Å². The lowest BCUT2D eigenvalue weighted by atomic mass is 9.98. The number of benzene rings is 1. The fourth-order valence-electron chi connectivity index (χ4n) is 1.98. The van der Waals surface area contributed by atoms with Crippen LogP contribution in [0.15, 0.2) is 30.3 Å². The molecule has 1 amide bonds. The highest BCUT2D eigenvalue weighted by Gasteiger charge is 2.26. The minimum atomic E-state index is -0.592. The van der Waals surface area contributed by atoms with Crippen molar-refractivity contribution in [1.82, 2.24) is 5.32 Å². The lowest BCUT2D eigenvalue weighted by Gasteiger charge is -2.22. The summed E-state index contributed by atoms with van der Waals surface area (Å²) >= 11 is 0. The average Bonchev–Trinajstić information content (AvgIpc) is 2.44. The number of rotatable bonds is 6. The molecule has 0 aliphatic rings. The third-order valence-corrected chi connectivity index (χ3v) is 3.25. The van der Waals surface area contributed by atoms with Gasteiger partial charge in [-0.25, -0.2) is 4.79 Å². The molecule has 1 rings (SSSR count). The van der Waals surface area contributed by atoms with Crippen molar-refractivity contribution in [3.05, 3.63) is 35.9 Å². The maximum absolute atomic E-state index is 12.2. The van der Waals surface area contributed by atoms with Gasteiger partial charge < -0.3 is 10.1 Å². The molecule has 0 bridgehead atoms. The molecule has 0 unspecified atom stereocenters. The van der Waals surface area contributed by atoms with Gasteiger partial charge in [-0.15, -0.1) is 0 Å². The first-order valence-electron chi connectivity index (χ1n) is 6.87. The van der Waals surface area contributed by atoms with Gasteiger partial charge in [-0.2, -0.15) is 0 Å². The zero-order valence-electron chi connectivity index (χ0n) is 12.6. The van der Waals surface area contributed by atoms with Gasteiger partial charge in [0.25, 0.3) is 0 Å². The summed E-state index contributed by atoms with van der Waals surface area (Å²) in [5.41, 5.74) is 1.11. The Labute approximate surface area is 120 Å². The van der Waals surface area contributed by atoms with Crippen LogP contribution in [-0.2, 0) is 20.7 Å². The Morgan fingerprint density at radius 2 is 1.75 bits per heavy atom. The van der Waals surface area contributed by atoms with Crippen molar-refractivity contribution in [2.75, 3.05) is 7.11 Å². The third kappa shape index (κ3) is 4.68. The maximum Gasteiger partial charge on any atom is 0.328 e. The monoisotopic (exact) mass is 277 g/mol. The molecule has 0 fully saturated rings. The first kappa shape index (κ1) is 16.2. The van der Waals surface area contributed by atoms with E-state index >= 15 is 0 Å². The van der Waals surface area contributed by atoms with Crippen molar-refractivity contribution in [2.24, 2.45) is 11.8 Å². The number of amides is 1. The van der Waals surface area contributed by atoms with Gasteiger partial charge in [-0.1, -0.05) is 51.1 Å². The van der Waals surface area contributed by atoms with Gasteiger partial charge in [0.15, 0.2) is 0 Å². The number of hydrogen-bond acceptors (Lipinski definition) is 3. The zero-order chi connectivity index (χ0) is 15.1. The Hall–Kier alpha value is -1.84. The van der Waals surface area contributed by atoms with Crippen LogP contribution < -0.4 is 5.32 Å². The highest BCUT2D eigenvalue weighted by atomic mass is 16.5. The first-order valence-corrected chi connectivity index (χ1v) is 6.87. The second kappa shape index (κ2) is 7.68. The van der Waals surface area contributed by atoms with E-state index in [-0.39, 0.29) is 17.7 Å². The lowest BCUT2D eigenvalue weighted by Crippen LogP contribution is -2.47. The van der Waals surface area contributed by atoms with E-state index in [1.807, 2.05) is 51.1 Å². The van der Waals surface area contributed by atoms with E-state index in [0.717, 1.165) is 5.56 Å². The minimum Gasteiger partial charge on any atom is -0.467 e. The second-order valence-corrected chi connectivity index (χ2v) is 5.34. The van der Waals surface area contributed by atoms with E-state index in [2.05, 4.69) is 5.32 Å². The Balaban J connectivity index is 2.62. The SMILES string of the molecule is COC(=O)[C@@H](NC(=O)[C@@H](C)Cc1ccccc1)C(C)C. The van der Waals surface area contributed by atoms with Crippen LogP contribution in [0.4, 0.5) is 0 Å². The zero-order valence-corrected chi connectivity index (χ0v) is 12.6. The summed E-state index contributed by atoms with van der Waals surface area (Å²) in [5, 5.41) is 2.77. The number of carbonyl (C=O) groups excluding carboxylic acids is 2. The molecule has 0 radical (unpaired) electrons. The molecule has 1 N–H and O–H groups in total. The summed E-state index contributed by atoms with van der Waals surface area (Å²) in [5.74, 6) is -0.725. The van der Waals surface area contributed by atoms with Gasteiger partial charge >= 0.3 is 5.97 Å². The Morgan fingerprint density at radius 3 is 2.25 bits per heavy atom. The van der Waals surface area contributed by atoms with E-state index in [0.29, 0.717) is 6.42 Å². The van der Waals surface area contributed by atoms with Crippen LogP contribution in [0.5, 0.6) is 0 Å². The maximum atomic E-state index is 12.2. The van der Waals surface area contributed by atoms with Crippen LogP contribution in [0, 0.1) is 11.8 Å². The molecule has 4 nitrogen and oxygen atoms in total. The van der Waals surface area contributed by atoms with Crippen LogP contribution in [0.25, 0.3) is 0 Å². The molecule has 0 aliphatic carbocycles. The van der Waals surface area contributed by atoms with E-state index in [4.69, 9.17) is 4.74 Å². The first-order chi connectivity index (χ1) is 9.45. The molecule has 20 heavy (non-hydrogen) atoms. The summed E-state index contributed by atoms with van der Waals surface area (Å²) in [6.07, 6.45) is 0.651. The van der Waals surface area contributed by atoms with Crippen molar-refractivity contribution >= 4 is 11.9 Å². The molecule has 0 aromatic heterocycles.